The molecule has 4 nitrogen and oxygen atoms in total. The van der Waals surface area contributed by atoms with Crippen LogP contribution in [0.3, 0.4) is 0 Å². The molecule has 0 saturated heterocycles. The van der Waals surface area contributed by atoms with Crippen LogP contribution in [0.25, 0.3) is 0 Å². The van der Waals surface area contributed by atoms with Gasteiger partial charge in [-0.15, -0.1) is 0 Å². The van der Waals surface area contributed by atoms with Gasteiger partial charge in [-0.1, -0.05) is 73.9 Å². The highest BCUT2D eigenvalue weighted by atomic mass is 32.2. The van der Waals surface area contributed by atoms with Crippen molar-refractivity contribution >= 4 is 19.7 Å². The van der Waals surface area contributed by atoms with Crippen molar-refractivity contribution in [3.05, 3.63) is 59.7 Å². The summed E-state index contributed by atoms with van der Waals surface area (Å²) >= 11 is 0. The van der Waals surface area contributed by atoms with Crippen molar-refractivity contribution in [1.29, 1.82) is 0 Å². The average Bonchev–Trinajstić information content (AvgIpc) is 2.70. The van der Waals surface area contributed by atoms with E-state index in [9.17, 15) is 16.8 Å². The Labute approximate surface area is 182 Å². The van der Waals surface area contributed by atoms with Crippen molar-refractivity contribution in [2.75, 3.05) is 11.5 Å². The quantitative estimate of drug-likeness (QED) is 0.369. The van der Waals surface area contributed by atoms with Gasteiger partial charge in [-0.25, -0.2) is 16.8 Å². The number of hydrogen-bond acceptors (Lipinski definition) is 4. The lowest BCUT2D eigenvalue weighted by Crippen LogP contribution is -2.07. The van der Waals surface area contributed by atoms with Gasteiger partial charge in [0.25, 0.3) is 0 Å². The summed E-state index contributed by atoms with van der Waals surface area (Å²) in [6.07, 6.45) is 7.36. The standard InChI is InChI=1S/C24H34O4S2/c1-21-11-15-23(16-12-21)29(25,26)19-9-7-5-3-4-6-8-10-20-30(27,28)24-17-13-22(2)14-18-24/h11-18H,3-10,19-20H2,1-2H3. The molecular formula is C24H34O4S2. The van der Waals surface area contributed by atoms with Crippen LogP contribution in [0, 0.1) is 13.8 Å². The second-order valence-corrected chi connectivity index (χ2v) is 12.3. The van der Waals surface area contributed by atoms with Crippen LogP contribution >= 0.6 is 0 Å². The number of unbranched alkanes of at least 4 members (excludes halogenated alkanes) is 7. The zero-order valence-corrected chi connectivity index (χ0v) is 19.8. The Morgan fingerprint density at radius 2 is 0.733 bits per heavy atom. The summed E-state index contributed by atoms with van der Waals surface area (Å²) in [6.45, 7) is 3.89. The lowest BCUT2D eigenvalue weighted by Gasteiger charge is -2.06. The molecule has 0 aliphatic rings. The van der Waals surface area contributed by atoms with Gasteiger partial charge in [0.05, 0.1) is 21.3 Å². The van der Waals surface area contributed by atoms with Crippen molar-refractivity contribution < 1.29 is 16.8 Å². The Morgan fingerprint density at radius 1 is 0.467 bits per heavy atom. The molecule has 2 rings (SSSR count). The molecule has 30 heavy (non-hydrogen) atoms. The highest BCUT2D eigenvalue weighted by Crippen LogP contribution is 2.17. The summed E-state index contributed by atoms with van der Waals surface area (Å²) in [5.41, 5.74) is 2.11. The first-order chi connectivity index (χ1) is 14.2. The van der Waals surface area contributed by atoms with Crippen LogP contribution in [0.2, 0.25) is 0 Å². The maximum absolute atomic E-state index is 12.3. The van der Waals surface area contributed by atoms with E-state index in [1.165, 1.54) is 0 Å². The Bertz CT molecular complexity index is 891. The van der Waals surface area contributed by atoms with E-state index in [1.54, 1.807) is 24.3 Å². The predicted octanol–water partition coefficient (Wildman–Crippen LogP) is 5.67. The average molecular weight is 451 g/mol. The van der Waals surface area contributed by atoms with E-state index in [0.29, 0.717) is 22.6 Å². The predicted molar refractivity (Wildman–Crippen MR) is 123 cm³/mol. The monoisotopic (exact) mass is 450 g/mol. The first-order valence-corrected chi connectivity index (χ1v) is 14.1. The van der Waals surface area contributed by atoms with E-state index in [2.05, 4.69) is 0 Å². The molecular weight excluding hydrogens is 416 g/mol. The van der Waals surface area contributed by atoms with Crippen molar-refractivity contribution in [1.82, 2.24) is 0 Å². The molecule has 0 unspecified atom stereocenters. The van der Waals surface area contributed by atoms with Crippen molar-refractivity contribution in [3.8, 4) is 0 Å². The zero-order chi connectivity index (χ0) is 22.0. The topological polar surface area (TPSA) is 68.3 Å². The molecule has 0 radical (unpaired) electrons. The lowest BCUT2D eigenvalue weighted by molar-refractivity contribution is 0.566. The minimum absolute atomic E-state index is 0.201. The van der Waals surface area contributed by atoms with Crippen molar-refractivity contribution in [2.45, 2.75) is 75.0 Å². The fraction of sp³-hybridized carbons (Fsp3) is 0.500. The largest absolute Gasteiger partial charge is 0.224 e. The number of hydrogen-bond donors (Lipinski definition) is 0. The summed E-state index contributed by atoms with van der Waals surface area (Å²) in [4.78, 5) is 0.822. The number of aryl methyl sites for hydroxylation is 2. The fourth-order valence-electron chi connectivity index (χ4n) is 3.37. The molecule has 6 heteroatoms. The van der Waals surface area contributed by atoms with Gasteiger partial charge in [0.15, 0.2) is 19.7 Å². The van der Waals surface area contributed by atoms with Gasteiger partial charge in [0.2, 0.25) is 0 Å². The van der Waals surface area contributed by atoms with Gasteiger partial charge < -0.3 is 0 Å². The summed E-state index contributed by atoms with van der Waals surface area (Å²) in [5, 5.41) is 0. The summed E-state index contributed by atoms with van der Waals surface area (Å²) in [7, 11) is -6.36. The normalized spacial score (nSPS) is 12.2. The van der Waals surface area contributed by atoms with Crippen LogP contribution in [0.1, 0.15) is 62.5 Å². The minimum Gasteiger partial charge on any atom is -0.224 e. The maximum Gasteiger partial charge on any atom is 0.178 e. The summed E-state index contributed by atoms with van der Waals surface area (Å²) in [5.74, 6) is 0.403. The molecule has 0 aliphatic heterocycles. The minimum atomic E-state index is -3.18. The third kappa shape index (κ3) is 8.23. The van der Waals surface area contributed by atoms with E-state index >= 15 is 0 Å². The van der Waals surface area contributed by atoms with E-state index in [0.717, 1.165) is 49.7 Å². The van der Waals surface area contributed by atoms with Gasteiger partial charge in [-0.2, -0.15) is 0 Å². The Kier molecular flexibility index (Phi) is 9.56. The first kappa shape index (κ1) is 24.6. The van der Waals surface area contributed by atoms with E-state index in [1.807, 2.05) is 38.1 Å². The van der Waals surface area contributed by atoms with Crippen LogP contribution in [-0.4, -0.2) is 28.3 Å². The second kappa shape index (κ2) is 11.7. The summed E-state index contributed by atoms with van der Waals surface area (Å²) in [6, 6.07) is 14.1. The second-order valence-electron chi connectivity index (χ2n) is 8.09. The molecule has 0 N–H and O–H groups in total. The number of benzene rings is 2. The van der Waals surface area contributed by atoms with E-state index < -0.39 is 19.7 Å². The maximum atomic E-state index is 12.3. The van der Waals surface area contributed by atoms with Crippen LogP contribution in [0.5, 0.6) is 0 Å². The molecule has 0 bridgehead atoms. The van der Waals surface area contributed by atoms with Gasteiger partial charge in [-0.05, 0) is 51.0 Å². The summed E-state index contributed by atoms with van der Waals surface area (Å²) < 4.78 is 49.2. The zero-order valence-electron chi connectivity index (χ0n) is 18.1. The molecule has 0 aliphatic carbocycles. The van der Waals surface area contributed by atoms with Crippen LogP contribution in [-0.2, 0) is 19.7 Å². The molecule has 0 atom stereocenters. The van der Waals surface area contributed by atoms with Crippen molar-refractivity contribution in [3.63, 3.8) is 0 Å². The van der Waals surface area contributed by atoms with Crippen LogP contribution in [0.15, 0.2) is 58.3 Å². The molecule has 166 valence electrons. The van der Waals surface area contributed by atoms with Gasteiger partial charge >= 0.3 is 0 Å². The molecule has 2 aromatic carbocycles. The van der Waals surface area contributed by atoms with Gasteiger partial charge in [0, 0.05) is 0 Å². The third-order valence-corrected chi connectivity index (χ3v) is 8.97. The SMILES string of the molecule is Cc1ccc(S(=O)(=O)CCCCCCCCCCS(=O)(=O)c2ccc(C)cc2)cc1. The molecule has 0 saturated carbocycles. The molecule has 2 aromatic rings. The van der Waals surface area contributed by atoms with Gasteiger partial charge in [-0.3, -0.25) is 0 Å². The molecule has 0 aromatic heterocycles. The Balaban J connectivity index is 1.54. The molecule has 0 spiro atoms. The molecule has 0 heterocycles. The van der Waals surface area contributed by atoms with Crippen LogP contribution in [0.4, 0.5) is 0 Å². The van der Waals surface area contributed by atoms with Gasteiger partial charge in [0.1, 0.15) is 0 Å². The molecule has 0 amide bonds. The highest BCUT2D eigenvalue weighted by molar-refractivity contribution is 7.91. The fourth-order valence-corrected chi connectivity index (χ4v) is 6.11. The van der Waals surface area contributed by atoms with Crippen molar-refractivity contribution in [2.24, 2.45) is 0 Å². The molecule has 0 fully saturated rings. The Morgan fingerprint density at radius 3 is 1.03 bits per heavy atom. The highest BCUT2D eigenvalue weighted by Gasteiger charge is 2.14. The smallest absolute Gasteiger partial charge is 0.178 e. The first-order valence-electron chi connectivity index (χ1n) is 10.8. The van der Waals surface area contributed by atoms with E-state index in [4.69, 9.17) is 0 Å². The van der Waals surface area contributed by atoms with E-state index in [-0.39, 0.29) is 11.5 Å². The number of sulfone groups is 2. The lowest BCUT2D eigenvalue weighted by atomic mass is 10.1. The number of rotatable bonds is 13. The van der Waals surface area contributed by atoms with Crippen LogP contribution < -0.4 is 0 Å². The third-order valence-electron chi connectivity index (χ3n) is 5.34. The Hall–Kier alpha value is -1.66.